The van der Waals surface area contributed by atoms with Gasteiger partial charge < -0.3 is 4.74 Å². The highest BCUT2D eigenvalue weighted by molar-refractivity contribution is 5.53. The molecule has 0 radical (unpaired) electrons. The van der Waals surface area contributed by atoms with E-state index in [0.717, 1.165) is 23.4 Å². The van der Waals surface area contributed by atoms with E-state index in [1.807, 2.05) is 48.5 Å². The van der Waals surface area contributed by atoms with Gasteiger partial charge in [0.05, 0.1) is 13.7 Å². The van der Waals surface area contributed by atoms with Gasteiger partial charge in [-0.1, -0.05) is 36.4 Å². The molecule has 2 rings (SSSR count). The average molecular weight is 223 g/mol. The second-order valence-electron chi connectivity index (χ2n) is 3.77. The van der Waals surface area contributed by atoms with Crippen LogP contribution in [0.25, 0.3) is 4.85 Å². The van der Waals surface area contributed by atoms with Crippen LogP contribution in [0.4, 0.5) is 5.69 Å². The van der Waals surface area contributed by atoms with Gasteiger partial charge in [-0.25, -0.2) is 4.85 Å². The first-order valence-corrected chi connectivity index (χ1v) is 5.42. The van der Waals surface area contributed by atoms with Crippen molar-refractivity contribution >= 4 is 5.69 Å². The highest BCUT2D eigenvalue weighted by atomic mass is 16.5. The monoisotopic (exact) mass is 223 g/mol. The Morgan fingerprint density at radius 2 is 1.76 bits per heavy atom. The molecule has 0 spiro atoms. The maximum atomic E-state index is 7.12. The van der Waals surface area contributed by atoms with Crippen LogP contribution in [0.5, 0.6) is 5.75 Å². The lowest BCUT2D eigenvalue weighted by molar-refractivity contribution is 0.414. The molecule has 2 heteroatoms. The van der Waals surface area contributed by atoms with Crippen LogP contribution in [0.3, 0.4) is 0 Å². The number of para-hydroxylation sites is 1. The van der Waals surface area contributed by atoms with Gasteiger partial charge in [-0.3, -0.25) is 0 Å². The number of hydrogen-bond donors (Lipinski definition) is 0. The molecule has 0 bridgehead atoms. The van der Waals surface area contributed by atoms with E-state index in [9.17, 15) is 0 Å². The zero-order valence-electron chi connectivity index (χ0n) is 9.68. The zero-order chi connectivity index (χ0) is 12.1. The minimum atomic E-state index is 0.725. The molecule has 0 aliphatic heterocycles. The molecule has 0 saturated carbocycles. The summed E-state index contributed by atoms with van der Waals surface area (Å²) in [5.41, 5.74) is 2.97. The Labute approximate surface area is 101 Å². The van der Waals surface area contributed by atoms with Crippen molar-refractivity contribution in [3.05, 3.63) is 71.1 Å². The fraction of sp³-hybridized carbons (Fsp3) is 0.133. The molecule has 0 saturated heterocycles. The first-order chi connectivity index (χ1) is 8.33. The fourth-order valence-electron chi connectivity index (χ4n) is 1.73. The van der Waals surface area contributed by atoms with Crippen molar-refractivity contribution in [2.24, 2.45) is 0 Å². The lowest BCUT2D eigenvalue weighted by Crippen LogP contribution is -1.89. The maximum absolute atomic E-state index is 7.12. The summed E-state index contributed by atoms with van der Waals surface area (Å²) in [7, 11) is 1.66. The van der Waals surface area contributed by atoms with Crippen LogP contribution in [0.1, 0.15) is 11.1 Å². The topological polar surface area (TPSA) is 13.6 Å². The van der Waals surface area contributed by atoms with Crippen LogP contribution in [-0.4, -0.2) is 7.11 Å². The standard InChI is InChI=1S/C15H13NO/c1-16-15-6-4-3-5-13(15)11-12-7-9-14(17-2)10-8-12/h3-10H,11H2,2H3. The molecule has 2 aromatic carbocycles. The van der Waals surface area contributed by atoms with Crippen LogP contribution in [0.15, 0.2) is 48.5 Å². The highest BCUT2D eigenvalue weighted by Gasteiger charge is 2.02. The average Bonchev–Trinajstić information content (AvgIpc) is 2.40. The molecule has 0 N–H and O–H groups in total. The van der Waals surface area contributed by atoms with Gasteiger partial charge in [-0.15, -0.1) is 0 Å². The molecule has 84 valence electrons. The summed E-state index contributed by atoms with van der Waals surface area (Å²) < 4.78 is 5.12. The predicted molar refractivity (Wildman–Crippen MR) is 68.5 cm³/mol. The minimum absolute atomic E-state index is 0.725. The molecule has 17 heavy (non-hydrogen) atoms. The summed E-state index contributed by atoms with van der Waals surface area (Å²) in [6, 6.07) is 15.6. The van der Waals surface area contributed by atoms with E-state index in [1.54, 1.807) is 7.11 Å². The normalized spacial score (nSPS) is 9.65. The molecule has 2 aromatic rings. The Kier molecular flexibility index (Phi) is 3.42. The van der Waals surface area contributed by atoms with Crippen molar-refractivity contribution < 1.29 is 4.74 Å². The molecule has 0 unspecified atom stereocenters. The Morgan fingerprint density at radius 3 is 2.41 bits per heavy atom. The van der Waals surface area contributed by atoms with E-state index < -0.39 is 0 Å². The van der Waals surface area contributed by atoms with Gasteiger partial charge in [0.15, 0.2) is 5.69 Å². The van der Waals surface area contributed by atoms with Crippen LogP contribution in [0.2, 0.25) is 0 Å². The maximum Gasteiger partial charge on any atom is 0.190 e. The molecule has 0 aliphatic rings. The van der Waals surface area contributed by atoms with Crippen molar-refractivity contribution in [3.63, 3.8) is 0 Å². The predicted octanol–water partition coefficient (Wildman–Crippen LogP) is 3.84. The summed E-state index contributed by atoms with van der Waals surface area (Å²) in [4.78, 5) is 3.53. The molecule has 0 fully saturated rings. The van der Waals surface area contributed by atoms with E-state index in [0.29, 0.717) is 0 Å². The summed E-state index contributed by atoms with van der Waals surface area (Å²) in [6.45, 7) is 7.12. The Balaban J connectivity index is 2.23. The SMILES string of the molecule is [C-]#[N+]c1ccccc1Cc1ccc(OC)cc1. The molecule has 0 atom stereocenters. The van der Waals surface area contributed by atoms with Gasteiger partial charge in [0.25, 0.3) is 0 Å². The molecule has 2 nitrogen and oxygen atoms in total. The third-order valence-electron chi connectivity index (χ3n) is 2.67. The summed E-state index contributed by atoms with van der Waals surface area (Å²) in [5, 5.41) is 0. The second kappa shape index (κ2) is 5.18. The third kappa shape index (κ3) is 2.64. The van der Waals surface area contributed by atoms with Gasteiger partial charge in [-0.05, 0) is 29.7 Å². The number of benzene rings is 2. The van der Waals surface area contributed by atoms with E-state index >= 15 is 0 Å². The van der Waals surface area contributed by atoms with Gasteiger partial charge in [0.2, 0.25) is 0 Å². The van der Waals surface area contributed by atoms with Gasteiger partial charge in [0, 0.05) is 0 Å². The lowest BCUT2D eigenvalue weighted by Gasteiger charge is -2.05. The second-order valence-corrected chi connectivity index (χ2v) is 3.77. The number of rotatable bonds is 3. The molecule has 0 heterocycles. The minimum Gasteiger partial charge on any atom is -0.497 e. The Bertz CT molecular complexity index is 538. The lowest BCUT2D eigenvalue weighted by atomic mass is 10.0. The van der Waals surface area contributed by atoms with E-state index in [4.69, 9.17) is 11.3 Å². The van der Waals surface area contributed by atoms with E-state index in [-0.39, 0.29) is 0 Å². The van der Waals surface area contributed by atoms with Crippen molar-refractivity contribution in [1.29, 1.82) is 0 Å². The van der Waals surface area contributed by atoms with Gasteiger partial charge >= 0.3 is 0 Å². The third-order valence-corrected chi connectivity index (χ3v) is 2.67. The van der Waals surface area contributed by atoms with Crippen molar-refractivity contribution in [2.75, 3.05) is 7.11 Å². The number of ether oxygens (including phenoxy) is 1. The highest BCUT2D eigenvalue weighted by Crippen LogP contribution is 2.22. The zero-order valence-corrected chi connectivity index (χ0v) is 9.68. The number of nitrogens with zero attached hydrogens (tertiary/aromatic N) is 1. The molecular formula is C15H13NO. The molecule has 0 aliphatic carbocycles. The smallest absolute Gasteiger partial charge is 0.190 e. The molecule has 0 aromatic heterocycles. The van der Waals surface area contributed by atoms with Gasteiger partial charge in [0.1, 0.15) is 5.75 Å². The summed E-state index contributed by atoms with van der Waals surface area (Å²) in [5.74, 6) is 0.854. The van der Waals surface area contributed by atoms with Crippen LogP contribution >= 0.6 is 0 Å². The van der Waals surface area contributed by atoms with Crippen molar-refractivity contribution in [2.45, 2.75) is 6.42 Å². The Morgan fingerprint density at radius 1 is 1.06 bits per heavy atom. The first-order valence-electron chi connectivity index (χ1n) is 5.42. The number of hydrogen-bond acceptors (Lipinski definition) is 1. The largest absolute Gasteiger partial charge is 0.497 e. The quantitative estimate of drug-likeness (QED) is 0.721. The molecular weight excluding hydrogens is 210 g/mol. The summed E-state index contributed by atoms with van der Waals surface area (Å²) >= 11 is 0. The van der Waals surface area contributed by atoms with Crippen molar-refractivity contribution in [1.82, 2.24) is 0 Å². The molecule has 0 amide bonds. The number of methoxy groups -OCH3 is 1. The van der Waals surface area contributed by atoms with Crippen LogP contribution in [0, 0.1) is 6.57 Å². The van der Waals surface area contributed by atoms with Crippen LogP contribution in [-0.2, 0) is 6.42 Å². The van der Waals surface area contributed by atoms with E-state index in [2.05, 4.69) is 4.85 Å². The van der Waals surface area contributed by atoms with Crippen LogP contribution < -0.4 is 4.74 Å². The summed E-state index contributed by atoms with van der Waals surface area (Å²) in [6.07, 6.45) is 0.780. The fourth-order valence-corrected chi connectivity index (χ4v) is 1.73. The van der Waals surface area contributed by atoms with E-state index in [1.165, 1.54) is 5.56 Å². The van der Waals surface area contributed by atoms with Gasteiger partial charge in [-0.2, -0.15) is 0 Å². The Hall–Kier alpha value is -2.27. The van der Waals surface area contributed by atoms with Crippen molar-refractivity contribution in [3.8, 4) is 5.75 Å². The first kappa shape index (κ1) is 11.2.